The molecular weight excluding hydrogens is 234 g/mol. The topological polar surface area (TPSA) is 105 Å². The summed E-state index contributed by atoms with van der Waals surface area (Å²) in [5, 5.41) is 21.1. The molecule has 98 valence electrons. The lowest BCUT2D eigenvalue weighted by molar-refractivity contribution is 0.123. The molecule has 9 heteroatoms. The van der Waals surface area contributed by atoms with E-state index >= 15 is 0 Å². The summed E-state index contributed by atoms with van der Waals surface area (Å²) >= 11 is 0. The average molecular weight is 255 g/mol. The van der Waals surface area contributed by atoms with Gasteiger partial charge in [-0.15, -0.1) is 0 Å². The van der Waals surface area contributed by atoms with Gasteiger partial charge in [0.05, 0.1) is 10.6 Å². The fraction of sp³-hybridized carbons (Fsp3) is 1.00. The van der Waals surface area contributed by atoms with Gasteiger partial charge in [0.25, 0.3) is 0 Å². The van der Waals surface area contributed by atoms with Gasteiger partial charge >= 0.3 is 8.80 Å². The second-order valence-corrected chi connectivity index (χ2v) is 5.77. The van der Waals surface area contributed by atoms with E-state index in [1.807, 2.05) is 17.6 Å². The van der Waals surface area contributed by atoms with Crippen molar-refractivity contribution in [1.82, 2.24) is 5.32 Å². The van der Waals surface area contributed by atoms with Crippen molar-refractivity contribution in [2.24, 2.45) is 10.6 Å². The quantitative estimate of drug-likeness (QED) is 0.267. The van der Waals surface area contributed by atoms with Gasteiger partial charge < -0.3 is 29.0 Å². The summed E-state index contributed by atoms with van der Waals surface area (Å²) in [6.45, 7) is 0.963. The Hall–Kier alpha value is -0.743. The van der Waals surface area contributed by atoms with Gasteiger partial charge in [-0.05, 0) is 20.0 Å². The molecule has 0 aromatic rings. The molecule has 0 aliphatic heterocycles. The molecule has 0 amide bonds. The van der Waals surface area contributed by atoms with E-state index in [4.69, 9.17) is 23.7 Å². The lowest BCUT2D eigenvalue weighted by Crippen LogP contribution is -2.43. The Kier molecular flexibility index (Phi) is 13.6. The first-order valence-electron chi connectivity index (χ1n) is 4.64. The zero-order valence-electron chi connectivity index (χ0n) is 10.1. The predicted molar refractivity (Wildman–Crippen MR) is 58.6 cm³/mol. The van der Waals surface area contributed by atoms with Crippen LogP contribution in [0.4, 0.5) is 0 Å². The first kappa shape index (κ1) is 17.6. The highest BCUT2D eigenvalue weighted by atomic mass is 28.4. The van der Waals surface area contributed by atoms with E-state index in [2.05, 4.69) is 5.32 Å². The van der Waals surface area contributed by atoms with Crippen LogP contribution in [0, 0.1) is 0 Å². The third kappa shape index (κ3) is 8.56. The van der Waals surface area contributed by atoms with E-state index < -0.39 is 8.80 Å². The normalized spacial score (nSPS) is 11.2. The van der Waals surface area contributed by atoms with Crippen molar-refractivity contribution in [2.45, 2.75) is 12.5 Å². The highest BCUT2D eigenvalue weighted by molar-refractivity contribution is 6.60. The molecule has 0 aromatic heterocycles. The number of hydrogen-bond acceptors (Lipinski definition) is 6. The zero-order chi connectivity index (χ0) is 12.9. The van der Waals surface area contributed by atoms with Gasteiger partial charge in [-0.1, -0.05) is 0 Å². The summed E-state index contributed by atoms with van der Waals surface area (Å²) < 4.78 is 15.7. The van der Waals surface area contributed by atoms with Gasteiger partial charge in [-0.3, -0.25) is 0 Å². The van der Waals surface area contributed by atoms with Gasteiger partial charge in [0, 0.05) is 27.4 Å². The van der Waals surface area contributed by atoms with Crippen LogP contribution >= 0.6 is 0 Å². The van der Waals surface area contributed by atoms with E-state index in [1.165, 1.54) is 0 Å². The summed E-state index contributed by atoms with van der Waals surface area (Å²) in [4.78, 5) is 0. The van der Waals surface area contributed by atoms with Crippen molar-refractivity contribution in [3.63, 3.8) is 0 Å². The first-order valence-corrected chi connectivity index (χ1v) is 6.58. The number of nitrogens with one attached hydrogen (secondary N) is 1. The number of hydrogen-bond donors (Lipinski definition) is 3. The van der Waals surface area contributed by atoms with E-state index in [9.17, 15) is 0 Å². The van der Waals surface area contributed by atoms with Crippen LogP contribution in [0.2, 0.25) is 6.04 Å². The average Bonchev–Trinajstić information content (AvgIpc) is 2.36. The molecular formula is C7H21N3O5Si. The Bertz CT molecular complexity index is 156. The number of rotatable bonds is 7. The molecule has 0 aliphatic rings. The van der Waals surface area contributed by atoms with Crippen molar-refractivity contribution < 1.29 is 23.7 Å². The molecule has 0 saturated carbocycles. The Balaban J connectivity index is 0. The van der Waals surface area contributed by atoms with Crippen LogP contribution in [-0.2, 0) is 13.3 Å². The predicted octanol–water partition coefficient (Wildman–Crippen LogP) is 0.691. The Morgan fingerprint density at radius 2 is 1.50 bits per heavy atom. The summed E-state index contributed by atoms with van der Waals surface area (Å²) in [5.41, 5.74) is 0. The lowest BCUT2D eigenvalue weighted by Gasteiger charge is -2.24. The highest BCUT2D eigenvalue weighted by Gasteiger charge is 2.36. The maximum absolute atomic E-state index is 7.08. The largest absolute Gasteiger partial charge is 0.500 e. The minimum absolute atomic E-state index is 0.858. The maximum atomic E-state index is 7.08. The van der Waals surface area contributed by atoms with Gasteiger partial charge in [0.15, 0.2) is 0 Å². The monoisotopic (exact) mass is 255 g/mol. The van der Waals surface area contributed by atoms with Crippen LogP contribution in [0.25, 0.3) is 0 Å². The molecule has 16 heavy (non-hydrogen) atoms. The minimum Gasteiger partial charge on any atom is -0.392 e. The molecule has 8 nitrogen and oxygen atoms in total. The van der Waals surface area contributed by atoms with Gasteiger partial charge in [-0.2, -0.15) is 0 Å². The summed E-state index contributed by atoms with van der Waals surface area (Å²) in [7, 11) is 4.54. The second-order valence-electron chi connectivity index (χ2n) is 2.68. The third-order valence-corrected chi connectivity index (χ3v) is 4.71. The molecule has 0 atom stereocenters. The minimum atomic E-state index is -2.29. The van der Waals surface area contributed by atoms with E-state index in [1.54, 1.807) is 21.3 Å². The number of nitrogens with zero attached hydrogens (tertiary/aromatic N) is 2. The van der Waals surface area contributed by atoms with Crippen molar-refractivity contribution in [1.29, 1.82) is 0 Å². The molecule has 0 spiro atoms. The molecule has 0 aliphatic carbocycles. The van der Waals surface area contributed by atoms with Crippen LogP contribution in [-0.4, -0.2) is 54.1 Å². The molecule has 3 N–H and O–H groups in total. The van der Waals surface area contributed by atoms with Crippen molar-refractivity contribution in [3.05, 3.63) is 0 Å². The molecule has 0 bridgehead atoms. The molecule has 0 heterocycles. The SMILES string of the molecule is CNCCC[Si](OC)(OC)OC.ON=NO. The van der Waals surface area contributed by atoms with Gasteiger partial charge in [-0.25, -0.2) is 0 Å². The van der Waals surface area contributed by atoms with Gasteiger partial charge in [0.2, 0.25) is 0 Å². The Labute approximate surface area is 96.5 Å². The van der Waals surface area contributed by atoms with Crippen molar-refractivity contribution in [2.75, 3.05) is 34.9 Å². The fourth-order valence-corrected chi connectivity index (χ4v) is 2.76. The molecule has 0 radical (unpaired) electrons. The third-order valence-electron chi connectivity index (χ3n) is 1.88. The standard InChI is InChI=1S/C7H19NO3Si.H2N2O2/c1-8-6-5-7-12(9-2,10-3)11-4;3-1-2-4/h8H,5-7H2,1-4H3;(H,1,4)(H,2,3). The molecule has 0 saturated heterocycles. The maximum Gasteiger partial charge on any atom is 0.500 e. The van der Waals surface area contributed by atoms with E-state index in [0.717, 1.165) is 19.0 Å². The molecule has 0 rings (SSSR count). The molecule has 0 aromatic carbocycles. The summed E-state index contributed by atoms with van der Waals surface area (Å²) in [6, 6.07) is 0.858. The van der Waals surface area contributed by atoms with Crippen LogP contribution < -0.4 is 5.32 Å². The summed E-state index contributed by atoms with van der Waals surface area (Å²) in [5.74, 6) is 0. The summed E-state index contributed by atoms with van der Waals surface area (Å²) in [6.07, 6.45) is 1.01. The zero-order valence-corrected chi connectivity index (χ0v) is 11.1. The highest BCUT2D eigenvalue weighted by Crippen LogP contribution is 2.13. The Morgan fingerprint density at radius 1 is 1.06 bits per heavy atom. The Morgan fingerprint density at radius 3 is 1.75 bits per heavy atom. The van der Waals surface area contributed by atoms with E-state index in [-0.39, 0.29) is 0 Å². The smallest absolute Gasteiger partial charge is 0.392 e. The van der Waals surface area contributed by atoms with Crippen LogP contribution in [0.3, 0.4) is 0 Å². The van der Waals surface area contributed by atoms with Crippen LogP contribution in [0.15, 0.2) is 10.6 Å². The lowest BCUT2D eigenvalue weighted by atomic mass is 10.5. The van der Waals surface area contributed by atoms with Crippen molar-refractivity contribution in [3.8, 4) is 0 Å². The fourth-order valence-electron chi connectivity index (χ4n) is 1.04. The second kappa shape index (κ2) is 12.3. The molecule has 0 unspecified atom stereocenters. The van der Waals surface area contributed by atoms with Gasteiger partial charge in [0.1, 0.15) is 0 Å². The van der Waals surface area contributed by atoms with Crippen LogP contribution in [0.1, 0.15) is 6.42 Å². The van der Waals surface area contributed by atoms with E-state index in [0.29, 0.717) is 0 Å². The molecule has 0 fully saturated rings. The van der Waals surface area contributed by atoms with Crippen LogP contribution in [0.5, 0.6) is 0 Å². The van der Waals surface area contributed by atoms with Crippen molar-refractivity contribution >= 4 is 8.80 Å². The first-order chi connectivity index (χ1) is 7.66.